The molecule has 0 aromatic carbocycles. The van der Waals surface area contributed by atoms with Gasteiger partial charge in [0.2, 0.25) is 0 Å². The van der Waals surface area contributed by atoms with Crippen LogP contribution < -0.4 is 0 Å². The highest BCUT2D eigenvalue weighted by Gasteiger charge is 2.74. The Hall–Kier alpha value is -1.32. The molecule has 0 bridgehead atoms. The normalized spacial score (nSPS) is 44.0. The number of amides is 1. The van der Waals surface area contributed by atoms with E-state index < -0.39 is 0 Å². The molecule has 86 valence electrons. The summed E-state index contributed by atoms with van der Waals surface area (Å²) in [5.41, 5.74) is 0.207. The zero-order valence-corrected chi connectivity index (χ0v) is 9.53. The zero-order valence-electron chi connectivity index (χ0n) is 9.53. The summed E-state index contributed by atoms with van der Waals surface area (Å²) in [5, 5.41) is 0. The number of methoxy groups -OCH3 is 1. The van der Waals surface area contributed by atoms with Gasteiger partial charge in [0.1, 0.15) is 0 Å². The second-order valence-corrected chi connectivity index (χ2v) is 5.40. The van der Waals surface area contributed by atoms with Crippen molar-refractivity contribution in [3.8, 4) is 0 Å². The van der Waals surface area contributed by atoms with Crippen LogP contribution in [0.3, 0.4) is 0 Å². The Morgan fingerprint density at radius 2 is 2.38 bits per heavy atom. The Labute approximate surface area is 94.2 Å². The molecule has 4 heteroatoms. The van der Waals surface area contributed by atoms with Crippen LogP contribution >= 0.6 is 0 Å². The predicted molar refractivity (Wildman–Crippen MR) is 56.8 cm³/mol. The summed E-state index contributed by atoms with van der Waals surface area (Å²) < 4.78 is 4.78. The molecule has 1 saturated heterocycles. The summed E-state index contributed by atoms with van der Waals surface area (Å²) in [4.78, 5) is 24.8. The SMILES string of the molecule is COC(=O)N1C[C@@]2(C)C[C@]23C=CC(=O)C[C@@H]13. The summed E-state index contributed by atoms with van der Waals surface area (Å²) in [6.45, 7) is 2.89. The van der Waals surface area contributed by atoms with Gasteiger partial charge in [0.15, 0.2) is 5.78 Å². The van der Waals surface area contributed by atoms with Crippen LogP contribution in [0, 0.1) is 10.8 Å². The van der Waals surface area contributed by atoms with E-state index in [9.17, 15) is 9.59 Å². The van der Waals surface area contributed by atoms with Crippen molar-refractivity contribution in [3.05, 3.63) is 12.2 Å². The molecule has 3 atom stereocenters. The van der Waals surface area contributed by atoms with E-state index in [1.54, 1.807) is 11.0 Å². The van der Waals surface area contributed by atoms with Gasteiger partial charge in [0, 0.05) is 18.4 Å². The first-order valence-corrected chi connectivity index (χ1v) is 5.59. The average molecular weight is 221 g/mol. The standard InChI is InChI=1S/C12H15NO3/c1-11-6-12(11)4-3-8(14)5-9(12)13(7-11)10(15)16-2/h3-4,9H,5-7H2,1-2H3/t9-,11-,12+/m1/s1. The molecule has 1 spiro atoms. The minimum Gasteiger partial charge on any atom is -0.453 e. The second kappa shape index (κ2) is 2.67. The number of ether oxygens (including phenoxy) is 1. The summed E-state index contributed by atoms with van der Waals surface area (Å²) in [6, 6.07) is 0.0162. The molecule has 0 aromatic heterocycles. The number of allylic oxidation sites excluding steroid dienone is 1. The van der Waals surface area contributed by atoms with E-state index in [0.717, 1.165) is 6.42 Å². The van der Waals surface area contributed by atoms with Gasteiger partial charge in [-0.05, 0) is 17.9 Å². The smallest absolute Gasteiger partial charge is 0.409 e. The number of hydrogen-bond acceptors (Lipinski definition) is 3. The lowest BCUT2D eigenvalue weighted by Gasteiger charge is -2.31. The summed E-state index contributed by atoms with van der Waals surface area (Å²) in [7, 11) is 1.39. The fourth-order valence-electron chi connectivity index (χ4n) is 3.56. The highest BCUT2D eigenvalue weighted by Crippen LogP contribution is 2.73. The van der Waals surface area contributed by atoms with Crippen LogP contribution in [0.4, 0.5) is 4.79 Å². The van der Waals surface area contributed by atoms with Gasteiger partial charge in [-0.15, -0.1) is 0 Å². The summed E-state index contributed by atoms with van der Waals surface area (Å²) in [6.07, 6.45) is 4.93. The van der Waals surface area contributed by atoms with E-state index in [1.807, 2.05) is 6.08 Å². The number of hydrogen-bond donors (Lipinski definition) is 0. The molecule has 4 nitrogen and oxygen atoms in total. The topological polar surface area (TPSA) is 46.6 Å². The van der Waals surface area contributed by atoms with E-state index in [2.05, 4.69) is 6.92 Å². The minimum absolute atomic E-state index is 0.0162. The van der Waals surface area contributed by atoms with Crippen molar-refractivity contribution in [2.75, 3.05) is 13.7 Å². The first kappa shape index (κ1) is 9.87. The maximum Gasteiger partial charge on any atom is 0.409 e. The molecule has 16 heavy (non-hydrogen) atoms. The Morgan fingerprint density at radius 3 is 3.06 bits per heavy atom. The highest BCUT2D eigenvalue weighted by atomic mass is 16.5. The van der Waals surface area contributed by atoms with Gasteiger partial charge < -0.3 is 9.64 Å². The Bertz CT molecular complexity index is 416. The van der Waals surface area contributed by atoms with Crippen LogP contribution in [0.25, 0.3) is 0 Å². The third kappa shape index (κ3) is 0.950. The number of rotatable bonds is 0. The maximum absolute atomic E-state index is 11.6. The molecule has 1 aliphatic heterocycles. The van der Waals surface area contributed by atoms with Crippen molar-refractivity contribution in [3.63, 3.8) is 0 Å². The van der Waals surface area contributed by atoms with Crippen molar-refractivity contribution < 1.29 is 14.3 Å². The lowest BCUT2D eigenvalue weighted by molar-refractivity contribution is -0.116. The molecule has 1 saturated carbocycles. The molecule has 2 fully saturated rings. The molecule has 3 aliphatic rings. The largest absolute Gasteiger partial charge is 0.453 e. The van der Waals surface area contributed by atoms with Crippen LogP contribution in [0.2, 0.25) is 0 Å². The number of piperidine rings is 1. The Kier molecular flexibility index (Phi) is 1.65. The van der Waals surface area contributed by atoms with E-state index in [4.69, 9.17) is 4.74 Å². The molecule has 3 rings (SSSR count). The zero-order chi connectivity index (χ0) is 11.6. The fourth-order valence-corrected chi connectivity index (χ4v) is 3.56. The number of carbonyl (C=O) groups excluding carboxylic acids is 2. The van der Waals surface area contributed by atoms with Crippen molar-refractivity contribution in [1.29, 1.82) is 0 Å². The lowest BCUT2D eigenvalue weighted by Crippen LogP contribution is -2.43. The molecular formula is C12H15NO3. The molecule has 0 unspecified atom stereocenters. The third-order valence-corrected chi connectivity index (χ3v) is 4.54. The van der Waals surface area contributed by atoms with Gasteiger partial charge in [-0.25, -0.2) is 4.79 Å². The van der Waals surface area contributed by atoms with Gasteiger partial charge in [-0.1, -0.05) is 13.0 Å². The van der Waals surface area contributed by atoms with E-state index in [-0.39, 0.29) is 28.7 Å². The van der Waals surface area contributed by atoms with Crippen molar-refractivity contribution >= 4 is 11.9 Å². The fraction of sp³-hybridized carbons (Fsp3) is 0.667. The van der Waals surface area contributed by atoms with Crippen LogP contribution in [0.15, 0.2) is 12.2 Å². The molecular weight excluding hydrogens is 206 g/mol. The monoisotopic (exact) mass is 221 g/mol. The van der Waals surface area contributed by atoms with E-state index in [1.165, 1.54) is 7.11 Å². The van der Waals surface area contributed by atoms with Gasteiger partial charge in [0.25, 0.3) is 0 Å². The summed E-state index contributed by atoms with van der Waals surface area (Å²) >= 11 is 0. The summed E-state index contributed by atoms with van der Waals surface area (Å²) in [5.74, 6) is 0.112. The molecule has 0 aromatic rings. The molecule has 1 heterocycles. The van der Waals surface area contributed by atoms with Crippen LogP contribution in [-0.4, -0.2) is 36.5 Å². The van der Waals surface area contributed by atoms with Crippen molar-refractivity contribution in [2.45, 2.75) is 25.8 Å². The number of carbonyl (C=O) groups is 2. The lowest BCUT2D eigenvalue weighted by atomic mass is 9.84. The average Bonchev–Trinajstić information content (AvgIpc) is 2.76. The van der Waals surface area contributed by atoms with Crippen LogP contribution in [0.1, 0.15) is 19.8 Å². The van der Waals surface area contributed by atoms with Gasteiger partial charge in [-0.2, -0.15) is 0 Å². The first-order valence-electron chi connectivity index (χ1n) is 5.59. The van der Waals surface area contributed by atoms with Crippen LogP contribution in [0.5, 0.6) is 0 Å². The molecule has 0 N–H and O–H groups in total. The maximum atomic E-state index is 11.6. The van der Waals surface area contributed by atoms with E-state index >= 15 is 0 Å². The third-order valence-electron chi connectivity index (χ3n) is 4.54. The highest BCUT2D eigenvalue weighted by molar-refractivity contribution is 5.92. The Morgan fingerprint density at radius 1 is 1.62 bits per heavy atom. The van der Waals surface area contributed by atoms with Crippen molar-refractivity contribution in [2.24, 2.45) is 10.8 Å². The van der Waals surface area contributed by atoms with Gasteiger partial charge in [0.05, 0.1) is 13.2 Å². The predicted octanol–water partition coefficient (Wildman–Crippen LogP) is 1.36. The van der Waals surface area contributed by atoms with Gasteiger partial charge >= 0.3 is 6.09 Å². The van der Waals surface area contributed by atoms with Gasteiger partial charge in [-0.3, -0.25) is 4.79 Å². The number of likely N-dealkylation sites (tertiary alicyclic amines) is 1. The molecule has 2 aliphatic carbocycles. The first-order chi connectivity index (χ1) is 7.52. The molecule has 0 radical (unpaired) electrons. The van der Waals surface area contributed by atoms with Crippen molar-refractivity contribution in [1.82, 2.24) is 4.90 Å². The van der Waals surface area contributed by atoms with Crippen LogP contribution in [-0.2, 0) is 9.53 Å². The second-order valence-electron chi connectivity index (χ2n) is 5.40. The number of ketones is 1. The quantitative estimate of drug-likeness (QED) is 0.620. The van der Waals surface area contributed by atoms with E-state index in [0.29, 0.717) is 13.0 Å². The molecule has 1 amide bonds. The minimum atomic E-state index is -0.305. The number of nitrogens with zero attached hydrogens (tertiary/aromatic N) is 1. The Balaban J connectivity index is 1.97.